The highest BCUT2D eigenvalue weighted by Crippen LogP contribution is 2.26. The molecule has 1 heterocycles. The number of nitrogens with one attached hydrogen (secondary N) is 1. The summed E-state index contributed by atoms with van der Waals surface area (Å²) in [6, 6.07) is 12.1. The summed E-state index contributed by atoms with van der Waals surface area (Å²) in [7, 11) is 1.60. The van der Waals surface area contributed by atoms with Gasteiger partial charge in [0.05, 0.1) is 12.8 Å². The topological polar surface area (TPSA) is 97.8 Å². The molecule has 0 aliphatic rings. The number of phenols is 1. The van der Waals surface area contributed by atoms with Gasteiger partial charge in [-0.15, -0.1) is 11.3 Å². The zero-order valence-corrected chi connectivity index (χ0v) is 16.1. The fourth-order valence-electron chi connectivity index (χ4n) is 2.41. The van der Waals surface area contributed by atoms with Gasteiger partial charge in [-0.1, -0.05) is 12.1 Å². The summed E-state index contributed by atoms with van der Waals surface area (Å²) in [5.74, 6) is -0.698. The summed E-state index contributed by atoms with van der Waals surface area (Å²) >= 11 is 1.26. The quantitative estimate of drug-likeness (QED) is 0.616. The van der Waals surface area contributed by atoms with E-state index in [0.29, 0.717) is 16.4 Å². The molecule has 3 rings (SSSR count). The number of methoxy groups -OCH3 is 1. The fourth-order valence-corrected chi connectivity index (χ4v) is 3.15. The number of thiazole rings is 1. The first kappa shape index (κ1) is 19.4. The molecule has 0 fully saturated rings. The van der Waals surface area contributed by atoms with Crippen LogP contribution in [0.3, 0.4) is 0 Å². The highest BCUT2D eigenvalue weighted by Gasteiger charge is 2.16. The van der Waals surface area contributed by atoms with Crippen molar-refractivity contribution < 1.29 is 24.2 Å². The number of aromatic hydroxyl groups is 1. The molecule has 0 radical (unpaired) electrons. The normalized spacial score (nSPS) is 10.4. The first-order valence-electron chi connectivity index (χ1n) is 8.33. The average Bonchev–Trinajstić information content (AvgIpc) is 3.16. The van der Waals surface area contributed by atoms with Crippen LogP contribution in [-0.4, -0.2) is 35.7 Å². The van der Waals surface area contributed by atoms with Gasteiger partial charge in [0.15, 0.2) is 11.7 Å². The molecular weight excluding hydrogens is 380 g/mol. The Kier molecular flexibility index (Phi) is 5.90. The summed E-state index contributed by atoms with van der Waals surface area (Å²) in [6.45, 7) is 1.19. The molecule has 0 saturated heterocycles. The van der Waals surface area contributed by atoms with Crippen molar-refractivity contribution in [2.45, 2.75) is 6.92 Å². The first-order valence-corrected chi connectivity index (χ1v) is 9.21. The van der Waals surface area contributed by atoms with Gasteiger partial charge in [0.25, 0.3) is 5.91 Å². The van der Waals surface area contributed by atoms with E-state index in [1.54, 1.807) is 26.2 Å². The fraction of sp³-hybridized carbons (Fsp3) is 0.150. The van der Waals surface area contributed by atoms with Crippen LogP contribution < -0.4 is 10.1 Å². The number of benzene rings is 2. The minimum Gasteiger partial charge on any atom is -0.507 e. The number of carbonyl (C=O) groups excluding carboxylic acids is 2. The number of anilines is 1. The Morgan fingerprint density at radius 3 is 2.64 bits per heavy atom. The summed E-state index contributed by atoms with van der Waals surface area (Å²) in [4.78, 5) is 28.4. The number of hydrogen-bond donors (Lipinski definition) is 2. The number of amides is 1. The van der Waals surface area contributed by atoms with Crippen molar-refractivity contribution in [1.29, 1.82) is 0 Å². The Bertz CT molecular complexity index is 998. The third-order valence-electron chi connectivity index (χ3n) is 3.93. The van der Waals surface area contributed by atoms with E-state index in [1.807, 2.05) is 29.6 Å². The van der Waals surface area contributed by atoms with Crippen LogP contribution in [0.2, 0.25) is 0 Å². The number of aryl methyl sites for hydroxylation is 1. The van der Waals surface area contributed by atoms with Gasteiger partial charge in [-0.25, -0.2) is 9.78 Å². The van der Waals surface area contributed by atoms with E-state index < -0.39 is 18.5 Å². The first-order chi connectivity index (χ1) is 13.5. The lowest BCUT2D eigenvalue weighted by atomic mass is 10.1. The second-order valence-corrected chi connectivity index (χ2v) is 6.72. The third kappa shape index (κ3) is 4.47. The molecule has 1 amide bonds. The van der Waals surface area contributed by atoms with E-state index in [1.165, 1.54) is 17.4 Å². The Morgan fingerprint density at radius 1 is 1.18 bits per heavy atom. The number of para-hydroxylation sites is 1. The van der Waals surface area contributed by atoms with Gasteiger partial charge in [-0.05, 0) is 42.8 Å². The summed E-state index contributed by atoms with van der Waals surface area (Å²) in [5.41, 5.74) is 2.17. The lowest BCUT2D eigenvalue weighted by Crippen LogP contribution is -2.21. The number of esters is 1. The Morgan fingerprint density at radius 2 is 1.93 bits per heavy atom. The van der Waals surface area contributed by atoms with E-state index in [4.69, 9.17) is 9.47 Å². The predicted molar refractivity (Wildman–Crippen MR) is 106 cm³/mol. The van der Waals surface area contributed by atoms with Crippen molar-refractivity contribution in [3.63, 3.8) is 0 Å². The lowest BCUT2D eigenvalue weighted by molar-refractivity contribution is -0.119. The second kappa shape index (κ2) is 8.53. The van der Waals surface area contributed by atoms with E-state index in [2.05, 4.69) is 10.3 Å². The largest absolute Gasteiger partial charge is 0.507 e. The zero-order chi connectivity index (χ0) is 20.1. The van der Waals surface area contributed by atoms with Crippen molar-refractivity contribution >= 4 is 28.3 Å². The molecule has 7 nitrogen and oxygen atoms in total. The molecule has 0 atom stereocenters. The Balaban J connectivity index is 1.57. The van der Waals surface area contributed by atoms with Crippen LogP contribution in [0.4, 0.5) is 5.13 Å². The average molecular weight is 398 g/mol. The van der Waals surface area contributed by atoms with Crippen LogP contribution in [0.15, 0.2) is 47.8 Å². The van der Waals surface area contributed by atoms with Crippen LogP contribution in [0.25, 0.3) is 11.3 Å². The number of rotatable bonds is 6. The van der Waals surface area contributed by atoms with Crippen molar-refractivity contribution in [1.82, 2.24) is 4.98 Å². The van der Waals surface area contributed by atoms with Crippen LogP contribution >= 0.6 is 11.3 Å². The van der Waals surface area contributed by atoms with Gasteiger partial charge in [0, 0.05) is 10.9 Å². The molecule has 2 aromatic carbocycles. The Hall–Kier alpha value is -3.39. The molecule has 8 heteroatoms. The maximum Gasteiger partial charge on any atom is 0.342 e. The van der Waals surface area contributed by atoms with E-state index in [0.717, 1.165) is 11.3 Å². The van der Waals surface area contributed by atoms with Gasteiger partial charge >= 0.3 is 5.97 Å². The number of aromatic nitrogens is 1. The van der Waals surface area contributed by atoms with Crippen LogP contribution in [-0.2, 0) is 9.53 Å². The molecule has 144 valence electrons. The molecule has 0 aliphatic heterocycles. The number of phenolic OH excluding ortho intramolecular Hbond substituents is 1. The Labute approximate surface area is 165 Å². The lowest BCUT2D eigenvalue weighted by Gasteiger charge is -2.07. The van der Waals surface area contributed by atoms with Gasteiger partial charge in [0.2, 0.25) is 0 Å². The van der Waals surface area contributed by atoms with E-state index in [9.17, 15) is 14.7 Å². The van der Waals surface area contributed by atoms with Crippen molar-refractivity contribution in [3.8, 4) is 22.8 Å². The standard InChI is InChI=1S/C20H18N2O5S/c1-12-4-3-5-15(18(12)24)19(25)27-10-17(23)22-20-21-16(11-28-20)13-6-8-14(26-2)9-7-13/h3-9,11,24H,10H2,1-2H3,(H,21,22,23). The maximum atomic E-state index is 12.0. The summed E-state index contributed by atoms with van der Waals surface area (Å²) < 4.78 is 10.1. The van der Waals surface area contributed by atoms with Crippen LogP contribution in [0.1, 0.15) is 15.9 Å². The highest BCUT2D eigenvalue weighted by molar-refractivity contribution is 7.14. The predicted octanol–water partition coefficient (Wildman–Crippen LogP) is 3.63. The van der Waals surface area contributed by atoms with Crippen molar-refractivity contribution in [2.75, 3.05) is 19.0 Å². The molecule has 2 N–H and O–H groups in total. The van der Waals surface area contributed by atoms with Crippen LogP contribution in [0, 0.1) is 6.92 Å². The number of carbonyl (C=O) groups is 2. The van der Waals surface area contributed by atoms with Crippen molar-refractivity contribution in [2.24, 2.45) is 0 Å². The number of nitrogens with zero attached hydrogens (tertiary/aromatic N) is 1. The molecule has 0 spiro atoms. The van der Waals surface area contributed by atoms with Gasteiger partial charge in [-0.3, -0.25) is 10.1 Å². The van der Waals surface area contributed by atoms with E-state index >= 15 is 0 Å². The zero-order valence-electron chi connectivity index (χ0n) is 15.3. The molecule has 1 aromatic heterocycles. The number of hydrogen-bond acceptors (Lipinski definition) is 7. The monoisotopic (exact) mass is 398 g/mol. The number of ether oxygens (including phenoxy) is 2. The van der Waals surface area contributed by atoms with Crippen LogP contribution in [0.5, 0.6) is 11.5 Å². The molecule has 0 saturated carbocycles. The van der Waals surface area contributed by atoms with Gasteiger partial charge in [-0.2, -0.15) is 0 Å². The molecule has 28 heavy (non-hydrogen) atoms. The third-order valence-corrected chi connectivity index (χ3v) is 4.69. The maximum absolute atomic E-state index is 12.0. The molecular formula is C20H18N2O5S. The van der Waals surface area contributed by atoms with Gasteiger partial charge in [0.1, 0.15) is 17.1 Å². The highest BCUT2D eigenvalue weighted by atomic mass is 32.1. The molecule has 0 bridgehead atoms. The van der Waals surface area contributed by atoms with E-state index in [-0.39, 0.29) is 11.3 Å². The summed E-state index contributed by atoms with van der Waals surface area (Å²) in [6.07, 6.45) is 0. The minimum atomic E-state index is -0.769. The second-order valence-electron chi connectivity index (χ2n) is 5.86. The molecule has 0 unspecified atom stereocenters. The molecule has 0 aliphatic carbocycles. The smallest absolute Gasteiger partial charge is 0.342 e. The summed E-state index contributed by atoms with van der Waals surface area (Å²) in [5, 5.41) is 14.7. The van der Waals surface area contributed by atoms with Gasteiger partial charge < -0.3 is 14.6 Å². The SMILES string of the molecule is COc1ccc(-c2csc(NC(=O)COC(=O)c3cccc(C)c3O)n2)cc1. The van der Waals surface area contributed by atoms with Crippen molar-refractivity contribution in [3.05, 3.63) is 59.0 Å². The minimum absolute atomic E-state index is 0.0174. The molecule has 3 aromatic rings.